The molecule has 0 radical (unpaired) electrons. The van der Waals surface area contributed by atoms with Gasteiger partial charge in [0.1, 0.15) is 0 Å². The van der Waals surface area contributed by atoms with Crippen molar-refractivity contribution in [2.24, 2.45) is 0 Å². The lowest BCUT2D eigenvalue weighted by Crippen LogP contribution is -2.22. The van der Waals surface area contributed by atoms with Crippen LogP contribution in [0.25, 0.3) is 22.4 Å². The van der Waals surface area contributed by atoms with Gasteiger partial charge in [-0.3, -0.25) is 14.9 Å². The van der Waals surface area contributed by atoms with Crippen LogP contribution in [-0.4, -0.2) is 31.1 Å². The van der Waals surface area contributed by atoms with Crippen molar-refractivity contribution in [2.45, 2.75) is 6.54 Å². The van der Waals surface area contributed by atoms with Crippen molar-refractivity contribution in [3.05, 3.63) is 66.2 Å². The molecule has 4 rings (SSSR count). The van der Waals surface area contributed by atoms with Crippen LogP contribution in [0.4, 0.5) is 0 Å². The highest BCUT2D eigenvalue weighted by atomic mass is 16.1. The van der Waals surface area contributed by atoms with Crippen LogP contribution in [-0.2, 0) is 6.54 Å². The number of carbonyl (C=O) groups excluding carboxylic acids is 1. The van der Waals surface area contributed by atoms with E-state index in [9.17, 15) is 4.79 Å². The maximum Gasteiger partial charge on any atom is 0.253 e. The molecule has 0 atom stereocenters. The van der Waals surface area contributed by atoms with E-state index in [1.807, 2.05) is 30.3 Å². The van der Waals surface area contributed by atoms with E-state index in [1.165, 1.54) is 0 Å². The Kier molecular flexibility index (Phi) is 3.51. The molecule has 0 unspecified atom stereocenters. The summed E-state index contributed by atoms with van der Waals surface area (Å²) < 4.78 is 0. The van der Waals surface area contributed by atoms with Gasteiger partial charge in [0, 0.05) is 24.0 Å². The average molecular weight is 318 g/mol. The van der Waals surface area contributed by atoms with Crippen LogP contribution in [0.15, 0.2) is 55.0 Å². The van der Waals surface area contributed by atoms with Gasteiger partial charge in [0.15, 0.2) is 5.65 Å². The Morgan fingerprint density at radius 2 is 2.04 bits per heavy atom. The largest absolute Gasteiger partial charge is 0.359 e. The molecule has 0 fully saturated rings. The van der Waals surface area contributed by atoms with Crippen LogP contribution in [0.2, 0.25) is 0 Å². The molecule has 24 heavy (non-hydrogen) atoms. The minimum absolute atomic E-state index is 0.162. The zero-order valence-electron chi connectivity index (χ0n) is 12.7. The van der Waals surface area contributed by atoms with Crippen molar-refractivity contribution in [3.8, 4) is 11.4 Å². The Bertz CT molecular complexity index is 988. The zero-order valence-corrected chi connectivity index (χ0v) is 12.7. The van der Waals surface area contributed by atoms with Gasteiger partial charge in [-0.05, 0) is 30.3 Å². The van der Waals surface area contributed by atoms with Gasteiger partial charge in [0.05, 0.1) is 29.2 Å². The van der Waals surface area contributed by atoms with E-state index in [0.29, 0.717) is 17.8 Å². The zero-order chi connectivity index (χ0) is 16.4. The second-order valence-electron chi connectivity index (χ2n) is 5.28. The van der Waals surface area contributed by atoms with Crippen molar-refractivity contribution in [1.82, 2.24) is 30.5 Å². The third-order valence-electron chi connectivity index (χ3n) is 3.70. The lowest BCUT2D eigenvalue weighted by molar-refractivity contribution is 0.0950. The summed E-state index contributed by atoms with van der Waals surface area (Å²) in [4.78, 5) is 23.7. The third kappa shape index (κ3) is 2.63. The van der Waals surface area contributed by atoms with Crippen molar-refractivity contribution in [2.75, 3.05) is 0 Å². The molecule has 7 heteroatoms. The standard InChI is InChI=1S/C17H14N6O/c24-17(21-10-12-4-1-2-6-18-12)11-8-14(20-9-11)15-13-5-3-7-19-16(13)23-22-15/h1-9,20H,10H2,(H,21,24)(H,19,22,23). The fraction of sp³-hybridized carbons (Fsp3) is 0.0588. The number of aromatic nitrogens is 5. The maximum atomic E-state index is 12.3. The van der Waals surface area contributed by atoms with Gasteiger partial charge in [-0.1, -0.05) is 6.07 Å². The number of fused-ring (bicyclic) bond motifs is 1. The van der Waals surface area contributed by atoms with Crippen LogP contribution >= 0.6 is 0 Å². The van der Waals surface area contributed by atoms with Crippen molar-refractivity contribution in [1.29, 1.82) is 0 Å². The van der Waals surface area contributed by atoms with Crippen LogP contribution in [0, 0.1) is 0 Å². The fourth-order valence-electron chi connectivity index (χ4n) is 2.50. The molecule has 0 aliphatic heterocycles. The normalized spacial score (nSPS) is 10.8. The smallest absolute Gasteiger partial charge is 0.253 e. The molecule has 0 saturated heterocycles. The number of carbonyl (C=O) groups is 1. The second kappa shape index (κ2) is 5.96. The molecule has 0 aromatic carbocycles. The van der Waals surface area contributed by atoms with Gasteiger partial charge in [-0.25, -0.2) is 4.98 Å². The number of rotatable bonds is 4. The molecule has 0 aliphatic carbocycles. The molecule has 1 amide bonds. The quantitative estimate of drug-likeness (QED) is 0.537. The number of aromatic amines is 2. The number of hydrogen-bond donors (Lipinski definition) is 3. The van der Waals surface area contributed by atoms with E-state index >= 15 is 0 Å². The highest BCUT2D eigenvalue weighted by Gasteiger charge is 2.13. The highest BCUT2D eigenvalue weighted by molar-refractivity contribution is 5.97. The maximum absolute atomic E-state index is 12.3. The molecule has 4 aromatic heterocycles. The summed E-state index contributed by atoms with van der Waals surface area (Å²) in [5, 5.41) is 10.9. The summed E-state index contributed by atoms with van der Waals surface area (Å²) in [7, 11) is 0. The highest BCUT2D eigenvalue weighted by Crippen LogP contribution is 2.24. The Morgan fingerprint density at radius 1 is 1.12 bits per heavy atom. The minimum Gasteiger partial charge on any atom is -0.359 e. The Balaban J connectivity index is 1.53. The Hall–Kier alpha value is -3.48. The van der Waals surface area contributed by atoms with E-state index in [0.717, 1.165) is 22.5 Å². The number of nitrogens with zero attached hydrogens (tertiary/aromatic N) is 3. The van der Waals surface area contributed by atoms with Crippen molar-refractivity contribution in [3.63, 3.8) is 0 Å². The molecule has 0 spiro atoms. The van der Waals surface area contributed by atoms with Crippen LogP contribution in [0.3, 0.4) is 0 Å². The van der Waals surface area contributed by atoms with Gasteiger partial charge in [0.2, 0.25) is 0 Å². The second-order valence-corrected chi connectivity index (χ2v) is 5.28. The predicted octanol–water partition coefficient (Wildman–Crippen LogP) is 2.28. The van der Waals surface area contributed by atoms with Gasteiger partial charge >= 0.3 is 0 Å². The molecule has 4 aromatic rings. The Labute approximate surface area is 137 Å². The van der Waals surface area contributed by atoms with Gasteiger partial charge in [0.25, 0.3) is 5.91 Å². The summed E-state index contributed by atoms with van der Waals surface area (Å²) in [6.07, 6.45) is 5.07. The Morgan fingerprint density at radius 3 is 2.92 bits per heavy atom. The number of H-pyrrole nitrogens is 2. The van der Waals surface area contributed by atoms with E-state index in [-0.39, 0.29) is 5.91 Å². The molecular formula is C17H14N6O. The van der Waals surface area contributed by atoms with E-state index in [4.69, 9.17) is 0 Å². The SMILES string of the molecule is O=C(NCc1ccccn1)c1c[nH]c(-c2[nH]nc3ncccc23)c1. The lowest BCUT2D eigenvalue weighted by Gasteiger charge is -2.02. The van der Waals surface area contributed by atoms with Gasteiger partial charge in [-0.15, -0.1) is 0 Å². The predicted molar refractivity (Wildman–Crippen MR) is 89.1 cm³/mol. The van der Waals surface area contributed by atoms with Gasteiger partial charge < -0.3 is 10.3 Å². The number of hydrogen-bond acceptors (Lipinski definition) is 4. The molecule has 118 valence electrons. The summed E-state index contributed by atoms with van der Waals surface area (Å²) >= 11 is 0. The van der Waals surface area contributed by atoms with E-state index in [2.05, 4.69) is 30.5 Å². The third-order valence-corrected chi connectivity index (χ3v) is 3.70. The molecule has 4 heterocycles. The van der Waals surface area contributed by atoms with E-state index < -0.39 is 0 Å². The van der Waals surface area contributed by atoms with Crippen LogP contribution in [0.1, 0.15) is 16.1 Å². The molecule has 0 aliphatic rings. The van der Waals surface area contributed by atoms with Gasteiger partial charge in [-0.2, -0.15) is 5.10 Å². The van der Waals surface area contributed by atoms with Crippen molar-refractivity contribution >= 4 is 16.9 Å². The lowest BCUT2D eigenvalue weighted by atomic mass is 10.2. The van der Waals surface area contributed by atoms with Crippen molar-refractivity contribution < 1.29 is 4.79 Å². The monoisotopic (exact) mass is 318 g/mol. The topological polar surface area (TPSA) is 99.3 Å². The molecule has 0 saturated carbocycles. The summed E-state index contributed by atoms with van der Waals surface area (Å²) in [6.45, 7) is 0.386. The summed E-state index contributed by atoms with van der Waals surface area (Å²) in [5.74, 6) is -0.162. The summed E-state index contributed by atoms with van der Waals surface area (Å²) in [5.41, 5.74) is 3.60. The first-order chi connectivity index (χ1) is 11.8. The molecule has 7 nitrogen and oxygen atoms in total. The molecule has 0 bridgehead atoms. The first-order valence-corrected chi connectivity index (χ1v) is 7.47. The first-order valence-electron chi connectivity index (χ1n) is 7.47. The minimum atomic E-state index is -0.162. The first kappa shape index (κ1) is 14.1. The molecular weight excluding hydrogens is 304 g/mol. The van der Waals surface area contributed by atoms with Crippen LogP contribution in [0.5, 0.6) is 0 Å². The van der Waals surface area contributed by atoms with E-state index in [1.54, 1.807) is 24.7 Å². The number of nitrogens with one attached hydrogen (secondary N) is 3. The fourth-order valence-corrected chi connectivity index (χ4v) is 2.50. The number of amides is 1. The number of pyridine rings is 2. The van der Waals surface area contributed by atoms with Crippen LogP contribution < -0.4 is 5.32 Å². The molecule has 3 N–H and O–H groups in total. The summed E-state index contributed by atoms with van der Waals surface area (Å²) in [6, 6.07) is 11.2. The average Bonchev–Trinajstić information content (AvgIpc) is 3.27.